The van der Waals surface area contributed by atoms with Gasteiger partial charge in [-0.15, -0.1) is 0 Å². The van der Waals surface area contributed by atoms with Crippen molar-refractivity contribution in [3.63, 3.8) is 0 Å². The molecular weight excluding hydrogens is 282 g/mol. The fourth-order valence-electron chi connectivity index (χ4n) is 2.68. The normalized spacial score (nSPS) is 26.8. The second kappa shape index (κ2) is 6.13. The number of ether oxygens (including phenoxy) is 1. The molecule has 0 aliphatic carbocycles. The Hall–Kier alpha value is -1.08. The molecule has 114 valence electrons. The summed E-state index contributed by atoms with van der Waals surface area (Å²) in [6.45, 7) is 2.44. The number of nitrogens with zero attached hydrogens (tertiary/aromatic N) is 1. The number of carbonyl (C=O) groups is 1. The Kier molecular flexibility index (Phi) is 4.70. The first kappa shape index (κ1) is 15.3. The Morgan fingerprint density at radius 3 is 2.90 bits per heavy atom. The van der Waals surface area contributed by atoms with Crippen LogP contribution in [0, 0.1) is 0 Å². The number of carboxylic acids is 1. The van der Waals surface area contributed by atoms with Crippen LogP contribution in [0.3, 0.4) is 0 Å². The van der Waals surface area contributed by atoms with Gasteiger partial charge >= 0.3 is 5.97 Å². The number of carboxylic acid groups (broad SMARTS) is 1. The maximum atomic E-state index is 12.4. The molecule has 2 atom stereocenters. The zero-order chi connectivity index (χ0) is 14.8. The van der Waals surface area contributed by atoms with Gasteiger partial charge in [-0.2, -0.15) is 4.31 Å². The third-order valence-electron chi connectivity index (χ3n) is 3.73. The lowest BCUT2D eigenvalue weighted by molar-refractivity contribution is -0.146. The van der Waals surface area contributed by atoms with Gasteiger partial charge < -0.3 is 9.84 Å². The quantitative estimate of drug-likeness (QED) is 0.749. The summed E-state index contributed by atoms with van der Waals surface area (Å²) in [6.07, 6.45) is 4.15. The minimum absolute atomic E-state index is 0.127. The predicted molar refractivity (Wildman–Crippen MR) is 73.6 cm³/mol. The van der Waals surface area contributed by atoms with Crippen LogP contribution in [0.2, 0.25) is 0 Å². The Labute approximate surface area is 119 Å². The molecule has 6 nitrogen and oxygen atoms in total. The van der Waals surface area contributed by atoms with Crippen LogP contribution in [-0.4, -0.2) is 48.2 Å². The molecule has 2 aliphatic heterocycles. The zero-order valence-corrected chi connectivity index (χ0v) is 12.4. The Bertz CT molecular complexity index is 499. The van der Waals surface area contributed by atoms with Crippen LogP contribution in [0.1, 0.15) is 39.0 Å². The van der Waals surface area contributed by atoms with Crippen molar-refractivity contribution in [2.75, 3.05) is 12.3 Å². The number of unbranched alkanes of at least 4 members (excludes halogenated alkanes) is 2. The summed E-state index contributed by atoms with van der Waals surface area (Å²) in [7, 11) is -3.34. The van der Waals surface area contributed by atoms with Crippen LogP contribution in [0.4, 0.5) is 0 Å². The van der Waals surface area contributed by atoms with E-state index in [4.69, 9.17) is 9.84 Å². The summed E-state index contributed by atoms with van der Waals surface area (Å²) in [5.41, 5.74) is 0. The summed E-state index contributed by atoms with van der Waals surface area (Å²) >= 11 is 0. The van der Waals surface area contributed by atoms with Crippen molar-refractivity contribution >= 4 is 16.0 Å². The van der Waals surface area contributed by atoms with Gasteiger partial charge in [-0.05, 0) is 18.9 Å². The van der Waals surface area contributed by atoms with Crippen LogP contribution in [0.25, 0.3) is 0 Å². The molecule has 7 heteroatoms. The van der Waals surface area contributed by atoms with Gasteiger partial charge in [0.25, 0.3) is 0 Å². The molecule has 0 radical (unpaired) electrons. The topological polar surface area (TPSA) is 83.9 Å². The summed E-state index contributed by atoms with van der Waals surface area (Å²) in [6, 6.07) is -0.434. The molecular formula is C13H21NO5S. The van der Waals surface area contributed by atoms with Gasteiger partial charge in [0.05, 0.1) is 11.8 Å². The number of sulfonamides is 1. The van der Waals surface area contributed by atoms with Crippen LogP contribution >= 0.6 is 0 Å². The molecule has 20 heavy (non-hydrogen) atoms. The van der Waals surface area contributed by atoms with Crippen molar-refractivity contribution in [1.29, 1.82) is 0 Å². The maximum Gasteiger partial charge on any atom is 0.344 e. The Morgan fingerprint density at radius 1 is 1.50 bits per heavy atom. The molecule has 1 N–H and O–H groups in total. The lowest BCUT2D eigenvalue weighted by Crippen LogP contribution is -2.43. The van der Waals surface area contributed by atoms with E-state index < -0.39 is 28.1 Å². The number of rotatable bonds is 6. The van der Waals surface area contributed by atoms with Gasteiger partial charge in [-0.1, -0.05) is 19.8 Å². The van der Waals surface area contributed by atoms with Crippen LogP contribution in [0.15, 0.2) is 11.8 Å². The highest BCUT2D eigenvalue weighted by Gasteiger charge is 2.44. The van der Waals surface area contributed by atoms with Gasteiger partial charge in [-0.3, -0.25) is 0 Å². The highest BCUT2D eigenvalue weighted by atomic mass is 32.2. The summed E-state index contributed by atoms with van der Waals surface area (Å²) in [5, 5.41) is 9.00. The Balaban J connectivity index is 2.09. The molecule has 0 bridgehead atoms. The third kappa shape index (κ3) is 3.15. The fourth-order valence-corrected chi connectivity index (χ4v) is 4.44. The average molecular weight is 303 g/mol. The van der Waals surface area contributed by atoms with Crippen LogP contribution in [0.5, 0.6) is 0 Å². The van der Waals surface area contributed by atoms with Crippen LogP contribution in [-0.2, 0) is 19.6 Å². The highest BCUT2D eigenvalue weighted by Crippen LogP contribution is 2.33. The average Bonchev–Trinajstić information content (AvgIpc) is 2.82. The summed E-state index contributed by atoms with van der Waals surface area (Å²) in [5.74, 6) is -0.408. The van der Waals surface area contributed by atoms with Crippen molar-refractivity contribution in [3.05, 3.63) is 11.8 Å². The van der Waals surface area contributed by atoms with E-state index in [0.717, 1.165) is 12.8 Å². The monoisotopic (exact) mass is 303 g/mol. The summed E-state index contributed by atoms with van der Waals surface area (Å²) in [4.78, 5) is 11.0. The van der Waals surface area contributed by atoms with Gasteiger partial charge in [0.2, 0.25) is 10.0 Å². The molecule has 1 fully saturated rings. The SMILES string of the molecule is CCCCCS(=O)(=O)N1CCC=C2OC(C(=O)O)CC21. The molecule has 1 saturated heterocycles. The van der Waals surface area contributed by atoms with E-state index in [0.29, 0.717) is 25.1 Å². The Morgan fingerprint density at radius 2 is 2.25 bits per heavy atom. The molecule has 2 unspecified atom stereocenters. The predicted octanol–water partition coefficient (Wildman–Crippen LogP) is 1.34. The standard InChI is InChI=1S/C13H21NO5S/c1-2-3-4-8-20(17,18)14-7-5-6-11-10(14)9-12(19-11)13(15)16/h6,10,12H,2-5,7-9H2,1H3,(H,15,16). The van der Waals surface area contributed by atoms with E-state index >= 15 is 0 Å². The molecule has 0 spiro atoms. The van der Waals surface area contributed by atoms with E-state index in [-0.39, 0.29) is 12.2 Å². The minimum atomic E-state index is -3.34. The highest BCUT2D eigenvalue weighted by molar-refractivity contribution is 7.89. The number of aliphatic carboxylic acids is 1. The van der Waals surface area contributed by atoms with E-state index in [1.807, 2.05) is 13.0 Å². The smallest absolute Gasteiger partial charge is 0.344 e. The van der Waals surface area contributed by atoms with Gasteiger partial charge in [0.15, 0.2) is 6.10 Å². The van der Waals surface area contributed by atoms with Gasteiger partial charge in [0.1, 0.15) is 5.76 Å². The molecule has 0 aromatic carbocycles. The molecule has 0 saturated carbocycles. The third-order valence-corrected chi connectivity index (χ3v) is 5.68. The lowest BCUT2D eigenvalue weighted by Gasteiger charge is -2.30. The van der Waals surface area contributed by atoms with Crippen LogP contribution < -0.4 is 0 Å². The summed E-state index contributed by atoms with van der Waals surface area (Å²) < 4.78 is 31.5. The number of fused-ring (bicyclic) bond motifs is 1. The first-order valence-corrected chi connectivity index (χ1v) is 8.65. The van der Waals surface area contributed by atoms with E-state index in [9.17, 15) is 13.2 Å². The van der Waals surface area contributed by atoms with Crippen molar-refractivity contribution in [3.8, 4) is 0 Å². The molecule has 2 aliphatic rings. The zero-order valence-electron chi connectivity index (χ0n) is 11.6. The number of hydrogen-bond donors (Lipinski definition) is 1. The van der Waals surface area contributed by atoms with E-state index in [2.05, 4.69) is 0 Å². The lowest BCUT2D eigenvalue weighted by atomic mass is 10.1. The van der Waals surface area contributed by atoms with E-state index in [1.165, 1.54) is 4.31 Å². The van der Waals surface area contributed by atoms with Crippen molar-refractivity contribution in [2.24, 2.45) is 0 Å². The second-order valence-corrected chi connectivity index (χ2v) is 7.27. The van der Waals surface area contributed by atoms with Gasteiger partial charge in [-0.25, -0.2) is 13.2 Å². The second-order valence-electron chi connectivity index (χ2n) is 5.23. The van der Waals surface area contributed by atoms with E-state index in [1.54, 1.807) is 0 Å². The largest absolute Gasteiger partial charge is 0.482 e. The van der Waals surface area contributed by atoms with Crippen molar-refractivity contribution < 1.29 is 23.1 Å². The first-order valence-electron chi connectivity index (χ1n) is 7.04. The first-order chi connectivity index (χ1) is 9.45. The van der Waals surface area contributed by atoms with Gasteiger partial charge in [0, 0.05) is 13.0 Å². The fraction of sp³-hybridized carbons (Fsp3) is 0.769. The maximum absolute atomic E-state index is 12.4. The van der Waals surface area contributed by atoms with Crippen molar-refractivity contribution in [1.82, 2.24) is 4.31 Å². The molecule has 2 heterocycles. The molecule has 0 amide bonds. The minimum Gasteiger partial charge on any atom is -0.482 e. The molecule has 0 aromatic heterocycles. The van der Waals surface area contributed by atoms with Crippen molar-refractivity contribution in [2.45, 2.75) is 51.2 Å². The molecule has 2 rings (SSSR count). The number of hydrogen-bond acceptors (Lipinski definition) is 4. The molecule has 0 aromatic rings.